The molecule has 0 aliphatic carbocycles. The predicted octanol–water partition coefficient (Wildman–Crippen LogP) is 2.33. The Kier molecular flexibility index (Phi) is 1.80. The third-order valence-corrected chi connectivity index (χ3v) is 2.14. The van der Waals surface area contributed by atoms with Crippen molar-refractivity contribution >= 4 is 0 Å². The van der Waals surface area contributed by atoms with Gasteiger partial charge in [-0.2, -0.15) is 0 Å². The second kappa shape index (κ2) is 2.77. The first-order chi connectivity index (χ1) is 6.48. The van der Waals surface area contributed by atoms with Gasteiger partial charge < -0.3 is 14.6 Å². The third kappa shape index (κ3) is 1.36. The van der Waals surface area contributed by atoms with E-state index >= 15 is 0 Å². The summed E-state index contributed by atoms with van der Waals surface area (Å²) in [5.41, 5.74) is -1.13. The van der Waals surface area contributed by atoms with Crippen molar-refractivity contribution in [2.24, 2.45) is 0 Å². The van der Waals surface area contributed by atoms with Gasteiger partial charge in [0.05, 0.1) is 0 Å². The fourth-order valence-electron chi connectivity index (χ4n) is 1.33. The fourth-order valence-corrected chi connectivity index (χ4v) is 1.33. The summed E-state index contributed by atoms with van der Waals surface area (Å²) in [6.45, 7) is 2.91. The fraction of sp³-hybridized carbons (Fsp3) is 0.400. The summed E-state index contributed by atoms with van der Waals surface area (Å²) >= 11 is 0. The molecule has 1 N–H and O–H groups in total. The Hall–Kier alpha value is -1.45. The van der Waals surface area contributed by atoms with Gasteiger partial charge in [0.25, 0.3) is 0 Å². The summed E-state index contributed by atoms with van der Waals surface area (Å²) in [5, 5.41) is 9.50. The van der Waals surface area contributed by atoms with Crippen molar-refractivity contribution in [3.8, 4) is 17.2 Å². The smallest absolute Gasteiger partial charge is 0.231 e. The minimum atomic E-state index is -1.50. The highest BCUT2D eigenvalue weighted by Crippen LogP contribution is 2.43. The molecular formula is C10H11FO3. The van der Waals surface area contributed by atoms with Crippen molar-refractivity contribution < 1.29 is 19.0 Å². The molecule has 0 radical (unpaired) electrons. The van der Waals surface area contributed by atoms with E-state index in [1.807, 2.05) is 0 Å². The quantitative estimate of drug-likeness (QED) is 0.752. The third-order valence-electron chi connectivity index (χ3n) is 2.14. The van der Waals surface area contributed by atoms with E-state index < -0.39 is 5.67 Å². The Morgan fingerprint density at radius 2 is 2.07 bits per heavy atom. The Bertz CT molecular complexity index is 368. The van der Waals surface area contributed by atoms with Crippen molar-refractivity contribution in [3.63, 3.8) is 0 Å². The first kappa shape index (κ1) is 9.12. The second-order valence-electron chi connectivity index (χ2n) is 3.70. The monoisotopic (exact) mass is 198 g/mol. The second-order valence-corrected chi connectivity index (χ2v) is 3.70. The molecule has 76 valence electrons. The van der Waals surface area contributed by atoms with Crippen LogP contribution in [0.4, 0.5) is 4.39 Å². The maximum absolute atomic E-state index is 13.6. The van der Waals surface area contributed by atoms with Gasteiger partial charge in [-0.3, -0.25) is 0 Å². The number of halogens is 1. The maximum Gasteiger partial charge on any atom is 0.231 e. The topological polar surface area (TPSA) is 38.7 Å². The van der Waals surface area contributed by atoms with Gasteiger partial charge in [-0.25, -0.2) is 4.39 Å². The first-order valence-corrected chi connectivity index (χ1v) is 4.30. The van der Waals surface area contributed by atoms with E-state index in [-0.39, 0.29) is 18.3 Å². The molecule has 3 nitrogen and oxygen atoms in total. The van der Waals surface area contributed by atoms with Crippen LogP contribution in [-0.4, -0.2) is 11.9 Å². The van der Waals surface area contributed by atoms with Crippen LogP contribution >= 0.6 is 0 Å². The molecule has 2 rings (SSSR count). The van der Waals surface area contributed by atoms with Crippen LogP contribution in [0, 0.1) is 0 Å². The van der Waals surface area contributed by atoms with Crippen molar-refractivity contribution in [1.29, 1.82) is 0 Å². The lowest BCUT2D eigenvalue weighted by molar-refractivity contribution is 0.171. The molecule has 0 bridgehead atoms. The van der Waals surface area contributed by atoms with Gasteiger partial charge in [0, 0.05) is 0 Å². The lowest BCUT2D eigenvalue weighted by Gasteiger charge is -2.15. The number of rotatable bonds is 1. The van der Waals surface area contributed by atoms with Crippen LogP contribution in [0.15, 0.2) is 12.1 Å². The predicted molar refractivity (Wildman–Crippen MR) is 48.4 cm³/mol. The minimum Gasteiger partial charge on any atom is -0.504 e. The van der Waals surface area contributed by atoms with Crippen LogP contribution in [0.5, 0.6) is 17.2 Å². The standard InChI is InChI=1S/C10H11FO3/c1-10(2,11)6-3-7(12)9-8(4-6)13-5-14-9/h3-4,12H,5H2,1-2H3. The summed E-state index contributed by atoms with van der Waals surface area (Å²) in [6.07, 6.45) is 0. The number of phenolic OH excluding ortho intramolecular Hbond substituents is 1. The molecule has 0 saturated carbocycles. The number of phenols is 1. The zero-order valence-corrected chi connectivity index (χ0v) is 8.00. The van der Waals surface area contributed by atoms with Crippen LogP contribution in [0.1, 0.15) is 19.4 Å². The van der Waals surface area contributed by atoms with Crippen molar-refractivity contribution in [2.75, 3.05) is 6.79 Å². The molecule has 0 fully saturated rings. The summed E-state index contributed by atoms with van der Waals surface area (Å²) in [7, 11) is 0. The normalized spacial score (nSPS) is 14.5. The molecule has 1 aliphatic rings. The van der Waals surface area contributed by atoms with Gasteiger partial charge in [0.15, 0.2) is 11.5 Å². The molecule has 1 aromatic rings. The molecular weight excluding hydrogens is 187 g/mol. The molecule has 0 unspecified atom stereocenters. The van der Waals surface area contributed by atoms with E-state index in [1.54, 1.807) is 6.07 Å². The molecule has 0 amide bonds. The zero-order chi connectivity index (χ0) is 10.3. The number of alkyl halides is 1. The Labute approximate surface area is 81.1 Å². The minimum absolute atomic E-state index is 0.0685. The molecule has 0 spiro atoms. The number of aromatic hydroxyl groups is 1. The number of hydrogen-bond donors (Lipinski definition) is 1. The summed E-state index contributed by atoms with van der Waals surface area (Å²) in [5.74, 6) is 0.601. The van der Waals surface area contributed by atoms with Gasteiger partial charge in [0.1, 0.15) is 5.67 Å². The number of ether oxygens (including phenoxy) is 2. The SMILES string of the molecule is CC(C)(F)c1cc(O)c2c(c1)OCO2. The zero-order valence-electron chi connectivity index (χ0n) is 8.00. The molecule has 0 aromatic heterocycles. The summed E-state index contributed by atoms with van der Waals surface area (Å²) in [4.78, 5) is 0. The van der Waals surface area contributed by atoms with E-state index in [4.69, 9.17) is 9.47 Å². The van der Waals surface area contributed by atoms with Gasteiger partial charge in [-0.1, -0.05) is 0 Å². The lowest BCUT2D eigenvalue weighted by atomic mass is 9.99. The first-order valence-electron chi connectivity index (χ1n) is 4.30. The molecule has 1 aromatic carbocycles. The van der Waals surface area contributed by atoms with E-state index in [0.29, 0.717) is 11.3 Å². The van der Waals surface area contributed by atoms with Gasteiger partial charge in [-0.15, -0.1) is 0 Å². The van der Waals surface area contributed by atoms with Crippen molar-refractivity contribution in [3.05, 3.63) is 17.7 Å². The average Bonchev–Trinajstić information content (AvgIpc) is 2.50. The van der Waals surface area contributed by atoms with E-state index in [0.717, 1.165) is 0 Å². The van der Waals surface area contributed by atoms with E-state index in [9.17, 15) is 9.50 Å². The Morgan fingerprint density at radius 3 is 2.71 bits per heavy atom. The molecule has 14 heavy (non-hydrogen) atoms. The summed E-state index contributed by atoms with van der Waals surface area (Å²) < 4.78 is 23.6. The maximum atomic E-state index is 13.6. The number of benzene rings is 1. The van der Waals surface area contributed by atoms with Crippen LogP contribution in [0.25, 0.3) is 0 Å². The molecule has 1 aliphatic heterocycles. The van der Waals surface area contributed by atoms with Crippen LogP contribution < -0.4 is 9.47 Å². The van der Waals surface area contributed by atoms with Crippen LogP contribution in [0.3, 0.4) is 0 Å². The van der Waals surface area contributed by atoms with Crippen molar-refractivity contribution in [1.82, 2.24) is 0 Å². The van der Waals surface area contributed by atoms with E-state index in [2.05, 4.69) is 0 Å². The number of hydrogen-bond acceptors (Lipinski definition) is 3. The van der Waals surface area contributed by atoms with E-state index in [1.165, 1.54) is 19.9 Å². The largest absolute Gasteiger partial charge is 0.504 e. The highest BCUT2D eigenvalue weighted by Gasteiger charge is 2.25. The van der Waals surface area contributed by atoms with Crippen LogP contribution in [0.2, 0.25) is 0 Å². The lowest BCUT2D eigenvalue weighted by Crippen LogP contribution is -2.08. The molecule has 4 heteroatoms. The highest BCUT2D eigenvalue weighted by molar-refractivity contribution is 5.55. The highest BCUT2D eigenvalue weighted by atomic mass is 19.1. The van der Waals surface area contributed by atoms with Crippen LogP contribution in [-0.2, 0) is 5.67 Å². The Balaban J connectivity index is 2.52. The summed E-state index contributed by atoms with van der Waals surface area (Å²) in [6, 6.07) is 2.90. The van der Waals surface area contributed by atoms with Gasteiger partial charge in [0.2, 0.25) is 12.5 Å². The number of fused-ring (bicyclic) bond motifs is 1. The van der Waals surface area contributed by atoms with Gasteiger partial charge >= 0.3 is 0 Å². The van der Waals surface area contributed by atoms with Gasteiger partial charge in [-0.05, 0) is 31.5 Å². The molecule has 1 heterocycles. The Morgan fingerprint density at radius 1 is 1.36 bits per heavy atom. The average molecular weight is 198 g/mol. The van der Waals surface area contributed by atoms with Crippen molar-refractivity contribution in [2.45, 2.75) is 19.5 Å². The molecule has 0 atom stereocenters. The molecule has 0 saturated heterocycles.